The van der Waals surface area contributed by atoms with E-state index >= 15 is 0 Å². The van der Waals surface area contributed by atoms with Crippen LogP contribution in [-0.2, 0) is 0 Å². The van der Waals surface area contributed by atoms with Crippen molar-refractivity contribution in [3.8, 4) is 0 Å². The minimum atomic E-state index is -0.579. The third-order valence-corrected chi connectivity index (χ3v) is 1.49. The first kappa shape index (κ1) is 8.16. The van der Waals surface area contributed by atoms with Gasteiger partial charge >= 0.3 is 5.71 Å². The fraction of sp³-hybridized carbons (Fsp3) is 0.167. The van der Waals surface area contributed by atoms with Crippen LogP contribution < -0.4 is 5.73 Å². The van der Waals surface area contributed by atoms with E-state index in [0.29, 0.717) is 0 Å². The Hall–Kier alpha value is -1.94. The van der Waals surface area contributed by atoms with Gasteiger partial charge in [-0.15, -0.1) is 0 Å². The van der Waals surface area contributed by atoms with E-state index in [-0.39, 0.29) is 23.5 Å². The van der Waals surface area contributed by atoms with Crippen LogP contribution >= 0.6 is 0 Å². The Bertz CT molecular complexity index is 335. The predicted molar refractivity (Wildman–Crippen MR) is 40.6 cm³/mol. The van der Waals surface area contributed by atoms with Gasteiger partial charge in [-0.1, -0.05) is 0 Å². The van der Waals surface area contributed by atoms with Gasteiger partial charge in [0.15, 0.2) is 0 Å². The lowest BCUT2D eigenvalue weighted by molar-refractivity contribution is -0.427. The minimum absolute atomic E-state index is 0.0359. The highest BCUT2D eigenvalue weighted by molar-refractivity contribution is 5.93. The zero-order valence-corrected chi connectivity index (χ0v) is 6.10. The Balaban J connectivity index is 3.06. The van der Waals surface area contributed by atoms with Gasteiger partial charge in [-0.2, -0.15) is 4.79 Å². The van der Waals surface area contributed by atoms with Crippen LogP contribution in [0.4, 0.5) is 0 Å². The number of nitrogens with two attached hydrogens (primary N) is 1. The molecule has 0 aromatic heterocycles. The summed E-state index contributed by atoms with van der Waals surface area (Å²) >= 11 is 0. The van der Waals surface area contributed by atoms with E-state index in [4.69, 9.17) is 11.3 Å². The zero-order valence-electron chi connectivity index (χ0n) is 6.10. The molecule has 0 spiro atoms. The fourth-order valence-corrected chi connectivity index (χ4v) is 0.853. The van der Waals surface area contributed by atoms with E-state index < -0.39 is 4.92 Å². The van der Waals surface area contributed by atoms with Crippen molar-refractivity contribution in [3.05, 3.63) is 39.2 Å². The van der Waals surface area contributed by atoms with Crippen molar-refractivity contribution in [2.75, 3.05) is 0 Å². The molecule has 2 N–H and O–H groups in total. The normalized spacial score (nSPS) is 16.2. The number of nitro groups is 1. The summed E-state index contributed by atoms with van der Waals surface area (Å²) in [4.78, 5) is 12.6. The van der Waals surface area contributed by atoms with E-state index in [9.17, 15) is 10.1 Å². The monoisotopic (exact) mass is 166 g/mol. The molecule has 0 heterocycles. The molecule has 1 aliphatic rings. The van der Waals surface area contributed by atoms with Crippen molar-refractivity contribution in [1.29, 1.82) is 0 Å². The average molecular weight is 166 g/mol. The zero-order chi connectivity index (χ0) is 9.14. The third kappa shape index (κ3) is 1.38. The maximum absolute atomic E-state index is 10.3. The third-order valence-electron chi connectivity index (χ3n) is 1.49. The smallest absolute Gasteiger partial charge is 0.302 e. The molecule has 0 fully saturated rings. The molecule has 0 saturated carbocycles. The first-order valence-corrected chi connectivity index (χ1v) is 3.17. The second-order valence-electron chi connectivity index (χ2n) is 2.26. The Morgan fingerprint density at radius 3 is 2.83 bits per heavy atom. The molecule has 0 radical (unpaired) electrons. The quantitative estimate of drug-likeness (QED) is 0.257. The Morgan fingerprint density at radius 1 is 1.67 bits per heavy atom. The Morgan fingerprint density at radius 2 is 2.33 bits per heavy atom. The number of hydrogen-bond acceptors (Lipinski definition) is 3. The summed E-state index contributed by atoms with van der Waals surface area (Å²) in [6.07, 6.45) is 2.74. The van der Waals surface area contributed by atoms with E-state index in [0.717, 1.165) is 0 Å². The molecule has 0 atom stereocenters. The first-order chi connectivity index (χ1) is 5.65. The van der Waals surface area contributed by atoms with Crippen LogP contribution in [0.15, 0.2) is 23.5 Å². The highest BCUT2D eigenvalue weighted by atomic mass is 16.6. The topological polar surface area (TPSA) is 106 Å². The maximum atomic E-state index is 10.3. The molecular formula is C6H6N4O2. The molecule has 6 nitrogen and oxygen atoms in total. The van der Waals surface area contributed by atoms with Crippen molar-refractivity contribution in [2.45, 2.75) is 6.42 Å². The Kier molecular flexibility index (Phi) is 2.02. The Labute approximate surface area is 67.8 Å². The maximum Gasteiger partial charge on any atom is 0.302 e. The first-order valence-electron chi connectivity index (χ1n) is 3.17. The van der Waals surface area contributed by atoms with Crippen molar-refractivity contribution in [3.63, 3.8) is 0 Å². The fourth-order valence-electron chi connectivity index (χ4n) is 0.853. The van der Waals surface area contributed by atoms with Gasteiger partial charge in [-0.3, -0.25) is 10.1 Å². The molecular weight excluding hydrogens is 160 g/mol. The van der Waals surface area contributed by atoms with Crippen LogP contribution in [0.5, 0.6) is 0 Å². The summed E-state index contributed by atoms with van der Waals surface area (Å²) in [5, 5.41) is 10.3. The van der Waals surface area contributed by atoms with Crippen LogP contribution in [0.25, 0.3) is 5.53 Å². The van der Waals surface area contributed by atoms with Gasteiger partial charge in [0.05, 0.1) is 4.92 Å². The van der Waals surface area contributed by atoms with Gasteiger partial charge in [0.1, 0.15) is 12.1 Å². The molecule has 0 aromatic rings. The molecule has 0 bridgehead atoms. The van der Waals surface area contributed by atoms with E-state index in [1.807, 2.05) is 0 Å². The summed E-state index contributed by atoms with van der Waals surface area (Å²) in [5.74, 6) is 0. The van der Waals surface area contributed by atoms with E-state index in [2.05, 4.69) is 4.79 Å². The van der Waals surface area contributed by atoms with Crippen molar-refractivity contribution in [1.82, 2.24) is 0 Å². The molecule has 0 saturated heterocycles. The molecule has 0 amide bonds. The summed E-state index contributed by atoms with van der Waals surface area (Å²) in [6, 6.07) is 0. The summed E-state index contributed by atoms with van der Waals surface area (Å²) in [7, 11) is 0. The lowest BCUT2D eigenvalue weighted by Crippen LogP contribution is -2.15. The average Bonchev–Trinajstić information content (AvgIpc) is 2.05. The van der Waals surface area contributed by atoms with Crippen LogP contribution in [0.1, 0.15) is 6.42 Å². The standard InChI is InChI=1S/C6H6N4O2/c7-5-2-1-4(9-8)3-6(5)10(11)12/h1-2H,3,7H2. The van der Waals surface area contributed by atoms with Gasteiger partial charge in [0.25, 0.3) is 5.70 Å². The highest BCUT2D eigenvalue weighted by Crippen LogP contribution is 2.12. The summed E-state index contributed by atoms with van der Waals surface area (Å²) < 4.78 is 0. The van der Waals surface area contributed by atoms with Gasteiger partial charge in [-0.25, -0.2) is 0 Å². The number of nitrogens with zero attached hydrogens (tertiary/aromatic N) is 3. The summed E-state index contributed by atoms with van der Waals surface area (Å²) in [6.45, 7) is 0. The van der Waals surface area contributed by atoms with Crippen molar-refractivity contribution < 1.29 is 9.71 Å². The predicted octanol–water partition coefficient (Wildman–Crippen LogP) is 0.0641. The second kappa shape index (κ2) is 2.98. The largest absolute Gasteiger partial charge is 0.393 e. The lowest BCUT2D eigenvalue weighted by Gasteiger charge is -2.00. The second-order valence-corrected chi connectivity index (χ2v) is 2.26. The number of hydrogen-bond donors (Lipinski definition) is 1. The van der Waals surface area contributed by atoms with Crippen LogP contribution in [0.3, 0.4) is 0 Å². The summed E-state index contributed by atoms with van der Waals surface area (Å²) in [5.41, 5.74) is 13.8. The van der Waals surface area contributed by atoms with Crippen LogP contribution in [-0.4, -0.2) is 15.4 Å². The highest BCUT2D eigenvalue weighted by Gasteiger charge is 2.24. The van der Waals surface area contributed by atoms with Crippen molar-refractivity contribution >= 4 is 5.71 Å². The van der Waals surface area contributed by atoms with Crippen molar-refractivity contribution in [2.24, 2.45) is 5.73 Å². The van der Waals surface area contributed by atoms with Crippen LogP contribution in [0.2, 0.25) is 0 Å². The SMILES string of the molecule is [N-]=[N+]=C1C=CC(N)=C([N+](=O)[O-])C1. The van der Waals surface area contributed by atoms with Gasteiger partial charge in [0.2, 0.25) is 0 Å². The van der Waals surface area contributed by atoms with Gasteiger partial charge in [-0.05, 0) is 6.08 Å². The molecule has 12 heavy (non-hydrogen) atoms. The number of rotatable bonds is 1. The van der Waals surface area contributed by atoms with Crippen LogP contribution in [0, 0.1) is 10.1 Å². The lowest BCUT2D eigenvalue weighted by atomic mass is 10.1. The molecule has 6 heteroatoms. The van der Waals surface area contributed by atoms with E-state index in [1.54, 1.807) is 0 Å². The molecule has 0 unspecified atom stereocenters. The van der Waals surface area contributed by atoms with E-state index in [1.165, 1.54) is 12.2 Å². The molecule has 0 aliphatic heterocycles. The van der Waals surface area contributed by atoms with Gasteiger partial charge < -0.3 is 11.3 Å². The van der Waals surface area contributed by atoms with Gasteiger partial charge in [0, 0.05) is 6.08 Å². The minimum Gasteiger partial charge on any atom is -0.393 e. The molecule has 0 aromatic carbocycles. The number of allylic oxidation sites excluding steroid dienone is 3. The molecule has 62 valence electrons. The molecule has 1 aliphatic carbocycles. The molecule has 1 rings (SSSR count).